The molecule has 0 heterocycles. The molecular weight excluding hydrogens is 432 g/mol. The predicted octanol–water partition coefficient (Wildman–Crippen LogP) is 3.60. The molecule has 0 aliphatic carbocycles. The first-order valence-corrected chi connectivity index (χ1v) is 8.61. The fraction of sp³-hybridized carbons (Fsp3) is 0.125. The fourth-order valence-corrected chi connectivity index (χ4v) is 2.27. The van der Waals surface area contributed by atoms with Gasteiger partial charge in [0.25, 0.3) is 11.4 Å². The molecule has 16 heteroatoms. The van der Waals surface area contributed by atoms with Gasteiger partial charge in [0.1, 0.15) is 11.4 Å². The van der Waals surface area contributed by atoms with E-state index in [9.17, 15) is 40.5 Å². The number of non-ortho nitro benzene ring substituents is 2. The number of hydrogen-bond donors (Lipinski definition) is 2. The summed E-state index contributed by atoms with van der Waals surface area (Å²) < 4.78 is 0. The summed E-state index contributed by atoms with van der Waals surface area (Å²) in [5.74, 6) is 0. The number of nitrogens with zero attached hydrogens (tertiary/aromatic N) is 6. The van der Waals surface area contributed by atoms with Gasteiger partial charge in [0.05, 0.1) is 43.8 Å². The zero-order valence-corrected chi connectivity index (χ0v) is 16.2. The molecule has 0 amide bonds. The molecule has 0 aliphatic rings. The van der Waals surface area contributed by atoms with Crippen LogP contribution in [-0.2, 0) is 0 Å². The van der Waals surface area contributed by atoms with Crippen molar-refractivity contribution in [2.24, 2.45) is 10.2 Å². The molecule has 166 valence electrons. The zero-order valence-electron chi connectivity index (χ0n) is 16.2. The van der Waals surface area contributed by atoms with E-state index in [2.05, 4.69) is 21.1 Å². The van der Waals surface area contributed by atoms with Gasteiger partial charge in [-0.25, -0.2) is 0 Å². The van der Waals surface area contributed by atoms with Crippen molar-refractivity contribution in [3.63, 3.8) is 0 Å². The molecule has 2 aromatic carbocycles. The Morgan fingerprint density at radius 2 is 1.28 bits per heavy atom. The highest BCUT2D eigenvalue weighted by atomic mass is 16.6. The van der Waals surface area contributed by atoms with E-state index < -0.39 is 42.4 Å². The molecule has 0 radical (unpaired) electrons. The summed E-state index contributed by atoms with van der Waals surface area (Å²) >= 11 is 0. The highest BCUT2D eigenvalue weighted by molar-refractivity contribution is 6.30. The van der Waals surface area contributed by atoms with Crippen molar-refractivity contribution in [1.29, 1.82) is 0 Å². The number of anilines is 2. The molecule has 0 atom stereocenters. The minimum atomic E-state index is -0.811. The van der Waals surface area contributed by atoms with Crippen LogP contribution < -0.4 is 10.9 Å². The van der Waals surface area contributed by atoms with Crippen LogP contribution in [0.5, 0.6) is 0 Å². The van der Waals surface area contributed by atoms with Gasteiger partial charge in [-0.2, -0.15) is 10.2 Å². The van der Waals surface area contributed by atoms with Crippen LogP contribution in [0.3, 0.4) is 0 Å². The van der Waals surface area contributed by atoms with E-state index in [0.717, 1.165) is 36.4 Å². The van der Waals surface area contributed by atoms with E-state index in [0.29, 0.717) is 6.42 Å². The Morgan fingerprint density at radius 3 is 1.69 bits per heavy atom. The highest BCUT2D eigenvalue weighted by Gasteiger charge is 2.20. The largest absolute Gasteiger partial charge is 0.301 e. The van der Waals surface area contributed by atoms with Crippen LogP contribution in [0.1, 0.15) is 13.3 Å². The van der Waals surface area contributed by atoms with Crippen molar-refractivity contribution in [2.45, 2.75) is 13.3 Å². The average molecular weight is 446 g/mol. The molecule has 0 bridgehead atoms. The Hall–Kier alpha value is -5.02. The zero-order chi connectivity index (χ0) is 23.8. The third-order valence-electron chi connectivity index (χ3n) is 3.86. The summed E-state index contributed by atoms with van der Waals surface area (Å²) in [6.45, 7) is 1.69. The Labute approximate surface area is 177 Å². The second kappa shape index (κ2) is 10.1. The molecule has 0 spiro atoms. The fourth-order valence-electron chi connectivity index (χ4n) is 2.27. The number of hydrazone groups is 2. The monoisotopic (exact) mass is 446 g/mol. The normalized spacial score (nSPS) is 11.2. The summed E-state index contributed by atoms with van der Waals surface area (Å²) in [5, 5.41) is 51.6. The molecule has 2 rings (SSSR count). The lowest BCUT2D eigenvalue weighted by molar-refractivity contribution is -0.393. The van der Waals surface area contributed by atoms with Crippen LogP contribution in [0.2, 0.25) is 0 Å². The molecule has 32 heavy (non-hydrogen) atoms. The quantitative estimate of drug-likeness (QED) is 0.306. The molecule has 0 saturated heterocycles. The van der Waals surface area contributed by atoms with Crippen molar-refractivity contribution >= 4 is 46.1 Å². The van der Waals surface area contributed by atoms with Gasteiger partial charge in [-0.05, 0) is 18.6 Å². The standard InChI is InChI=1S/C16H14N8O8/c1-2-10(18-20-14-6-4-12(22(27)28)8-16(14)24(31)32)9-17-19-13-5-3-11(21(25)26)7-15(13)23(29)30/h3-9,19-20H,2H2,1H3/b17-9-,18-10+. The minimum Gasteiger partial charge on any atom is -0.272 e. The lowest BCUT2D eigenvalue weighted by Crippen LogP contribution is -2.06. The summed E-state index contributed by atoms with van der Waals surface area (Å²) in [5.41, 5.74) is 2.83. The van der Waals surface area contributed by atoms with Crippen LogP contribution in [0.4, 0.5) is 34.1 Å². The molecule has 0 saturated carbocycles. The van der Waals surface area contributed by atoms with Crippen LogP contribution >= 0.6 is 0 Å². The maximum atomic E-state index is 11.2. The van der Waals surface area contributed by atoms with E-state index in [4.69, 9.17) is 0 Å². The summed E-state index contributed by atoms with van der Waals surface area (Å²) in [6, 6.07) is 5.95. The van der Waals surface area contributed by atoms with E-state index in [1.807, 2.05) is 0 Å². The first kappa shape index (κ1) is 23.3. The van der Waals surface area contributed by atoms with Crippen LogP contribution in [0, 0.1) is 40.5 Å². The van der Waals surface area contributed by atoms with E-state index in [1.165, 1.54) is 6.21 Å². The SMILES string of the molecule is CCC(/C=N\Nc1ccc([N+](=O)[O-])cc1[N+](=O)[O-])=N\Nc1ccc([N+](=O)[O-])cc1[N+](=O)[O-]. The van der Waals surface area contributed by atoms with Gasteiger partial charge >= 0.3 is 11.4 Å². The van der Waals surface area contributed by atoms with E-state index in [1.54, 1.807) is 6.92 Å². The third kappa shape index (κ3) is 5.75. The molecule has 0 fully saturated rings. The predicted molar refractivity (Wildman–Crippen MR) is 113 cm³/mol. The number of benzene rings is 2. The Bertz CT molecular complexity index is 1150. The van der Waals surface area contributed by atoms with Gasteiger partial charge in [-0.1, -0.05) is 6.92 Å². The molecule has 0 aliphatic heterocycles. The van der Waals surface area contributed by atoms with Gasteiger partial charge in [0.15, 0.2) is 0 Å². The number of rotatable bonds is 10. The minimum absolute atomic E-state index is 0.0982. The van der Waals surface area contributed by atoms with Gasteiger partial charge in [-0.15, -0.1) is 0 Å². The van der Waals surface area contributed by atoms with Crippen molar-refractivity contribution in [3.05, 3.63) is 76.9 Å². The first-order chi connectivity index (χ1) is 15.1. The smallest absolute Gasteiger partial charge is 0.272 e. The Balaban J connectivity index is 2.21. The van der Waals surface area contributed by atoms with Crippen LogP contribution in [0.25, 0.3) is 0 Å². The highest BCUT2D eigenvalue weighted by Crippen LogP contribution is 2.30. The van der Waals surface area contributed by atoms with Gasteiger partial charge < -0.3 is 0 Å². The maximum Gasteiger partial charge on any atom is 0.301 e. The second-order valence-corrected chi connectivity index (χ2v) is 5.87. The summed E-state index contributed by atoms with van der Waals surface area (Å²) in [4.78, 5) is 40.7. The topological polar surface area (TPSA) is 221 Å². The number of nitro groups is 4. The lowest BCUT2D eigenvalue weighted by Gasteiger charge is -2.04. The molecule has 2 N–H and O–H groups in total. The summed E-state index contributed by atoms with van der Waals surface area (Å²) in [7, 11) is 0. The second-order valence-electron chi connectivity index (χ2n) is 5.87. The van der Waals surface area contributed by atoms with Gasteiger partial charge in [0, 0.05) is 12.1 Å². The number of nitrogens with one attached hydrogen (secondary N) is 2. The Morgan fingerprint density at radius 1 is 0.812 bits per heavy atom. The summed E-state index contributed by atoms with van der Waals surface area (Å²) in [6.07, 6.45) is 1.47. The van der Waals surface area contributed by atoms with Crippen molar-refractivity contribution in [2.75, 3.05) is 10.9 Å². The molecule has 2 aromatic rings. The first-order valence-electron chi connectivity index (χ1n) is 8.61. The Kier molecular flexibility index (Phi) is 7.37. The van der Waals surface area contributed by atoms with E-state index in [-0.39, 0.29) is 17.1 Å². The van der Waals surface area contributed by atoms with Gasteiger partial charge in [-0.3, -0.25) is 51.3 Å². The van der Waals surface area contributed by atoms with Crippen molar-refractivity contribution in [3.8, 4) is 0 Å². The third-order valence-corrected chi connectivity index (χ3v) is 3.86. The van der Waals surface area contributed by atoms with Gasteiger partial charge in [0.2, 0.25) is 0 Å². The molecule has 0 unspecified atom stereocenters. The lowest BCUT2D eigenvalue weighted by atomic mass is 10.2. The average Bonchev–Trinajstić information content (AvgIpc) is 2.75. The van der Waals surface area contributed by atoms with Crippen LogP contribution in [0.15, 0.2) is 46.6 Å². The van der Waals surface area contributed by atoms with Crippen molar-refractivity contribution < 1.29 is 19.7 Å². The molecule has 16 nitrogen and oxygen atoms in total. The molecule has 0 aromatic heterocycles. The number of hydrogen-bond acceptors (Lipinski definition) is 12. The van der Waals surface area contributed by atoms with E-state index >= 15 is 0 Å². The van der Waals surface area contributed by atoms with Crippen molar-refractivity contribution in [1.82, 2.24) is 0 Å². The maximum absolute atomic E-state index is 11.2. The number of nitro benzene ring substituents is 4. The van der Waals surface area contributed by atoms with Crippen LogP contribution in [-0.4, -0.2) is 31.6 Å². The molecular formula is C16H14N8O8.